The molecule has 136 valence electrons. The third-order valence-electron chi connectivity index (χ3n) is 4.56. The van der Waals surface area contributed by atoms with Crippen LogP contribution in [0.25, 0.3) is 27.4 Å². The predicted molar refractivity (Wildman–Crippen MR) is 108 cm³/mol. The minimum absolute atomic E-state index is 0.182. The Kier molecular flexibility index (Phi) is 4.72. The average molecular weight is 398 g/mol. The highest BCUT2D eigenvalue weighted by Crippen LogP contribution is 2.42. The van der Waals surface area contributed by atoms with Gasteiger partial charge in [-0.3, -0.25) is 0 Å². The molecule has 1 aromatic heterocycles. The monoisotopic (exact) mass is 397 g/mol. The van der Waals surface area contributed by atoms with E-state index < -0.39 is 5.97 Å². The molecule has 1 aliphatic carbocycles. The molecule has 0 unspecified atom stereocenters. The largest absolute Gasteiger partial charge is 0.515 e. The molecule has 0 radical (unpaired) electrons. The lowest BCUT2D eigenvalue weighted by Crippen LogP contribution is -1.99. The average Bonchev–Trinajstić information content (AvgIpc) is 3.43. The summed E-state index contributed by atoms with van der Waals surface area (Å²) < 4.78 is 0. The summed E-state index contributed by atoms with van der Waals surface area (Å²) in [5.74, 6) is -0.529. The first-order valence-electron chi connectivity index (χ1n) is 8.52. The van der Waals surface area contributed by atoms with Crippen LogP contribution in [-0.4, -0.2) is 21.2 Å². The summed E-state index contributed by atoms with van der Waals surface area (Å²) in [7, 11) is 0. The number of carboxylic acid groups (broad SMARTS) is 1. The minimum atomic E-state index is -1.20. The van der Waals surface area contributed by atoms with E-state index >= 15 is 0 Å². The molecule has 27 heavy (non-hydrogen) atoms. The second-order valence-corrected chi connectivity index (χ2v) is 7.88. The number of thiazole rings is 1. The van der Waals surface area contributed by atoms with Gasteiger partial charge in [-0.25, -0.2) is 9.78 Å². The molecule has 4 nitrogen and oxygen atoms in total. The van der Waals surface area contributed by atoms with Crippen LogP contribution in [0, 0.1) is 0 Å². The predicted octanol–water partition coefficient (Wildman–Crippen LogP) is 5.99. The Bertz CT molecular complexity index is 1020. The van der Waals surface area contributed by atoms with E-state index in [1.165, 1.54) is 29.7 Å². The maximum absolute atomic E-state index is 11.6. The second kappa shape index (κ2) is 7.18. The molecule has 6 heteroatoms. The molecule has 0 amide bonds. The fourth-order valence-electron chi connectivity index (χ4n) is 2.96. The lowest BCUT2D eigenvalue weighted by atomic mass is 10.1. The Hall–Kier alpha value is -2.63. The van der Waals surface area contributed by atoms with Crippen molar-refractivity contribution in [3.63, 3.8) is 0 Å². The highest BCUT2D eigenvalue weighted by molar-refractivity contribution is 7.17. The van der Waals surface area contributed by atoms with Gasteiger partial charge in [-0.1, -0.05) is 48.0 Å². The Morgan fingerprint density at radius 2 is 1.70 bits per heavy atom. The Labute approximate surface area is 165 Å². The summed E-state index contributed by atoms with van der Waals surface area (Å²) >= 11 is 7.21. The lowest BCUT2D eigenvalue weighted by Gasteiger charge is -2.02. The van der Waals surface area contributed by atoms with Crippen LogP contribution in [0.5, 0.6) is 0 Å². The van der Waals surface area contributed by atoms with Crippen molar-refractivity contribution in [2.75, 3.05) is 0 Å². The van der Waals surface area contributed by atoms with Gasteiger partial charge < -0.3 is 10.2 Å². The zero-order valence-electron chi connectivity index (χ0n) is 14.2. The van der Waals surface area contributed by atoms with Crippen LogP contribution in [0.2, 0.25) is 5.02 Å². The molecule has 4 rings (SSSR count). The molecule has 1 saturated carbocycles. The molecule has 1 aliphatic rings. The molecule has 0 aliphatic heterocycles. The van der Waals surface area contributed by atoms with Crippen LogP contribution in [0.15, 0.2) is 54.8 Å². The first-order valence-corrected chi connectivity index (χ1v) is 9.71. The van der Waals surface area contributed by atoms with Gasteiger partial charge in [0.25, 0.3) is 0 Å². The fourth-order valence-corrected chi connectivity index (χ4v) is 4.18. The third kappa shape index (κ3) is 3.61. The van der Waals surface area contributed by atoms with Crippen LogP contribution in [-0.2, 0) is 4.79 Å². The maximum atomic E-state index is 11.6. The number of aliphatic carboxylic acids is 1. The van der Waals surface area contributed by atoms with Crippen molar-refractivity contribution in [1.82, 2.24) is 4.98 Å². The number of nitrogens with zero attached hydrogens (tertiary/aromatic N) is 1. The number of benzene rings is 2. The van der Waals surface area contributed by atoms with E-state index in [9.17, 15) is 15.0 Å². The van der Waals surface area contributed by atoms with Crippen molar-refractivity contribution in [3.05, 3.63) is 70.3 Å². The molecular weight excluding hydrogens is 382 g/mol. The van der Waals surface area contributed by atoms with Gasteiger partial charge in [0.05, 0.1) is 16.8 Å². The van der Waals surface area contributed by atoms with Crippen molar-refractivity contribution in [2.45, 2.75) is 18.8 Å². The molecule has 0 spiro atoms. The van der Waals surface area contributed by atoms with Crippen LogP contribution in [0.1, 0.15) is 29.2 Å². The molecule has 2 N–H and O–H groups in total. The Morgan fingerprint density at radius 1 is 1.07 bits per heavy atom. The van der Waals surface area contributed by atoms with E-state index in [2.05, 4.69) is 17.1 Å². The fraction of sp³-hybridized carbons (Fsp3) is 0.143. The van der Waals surface area contributed by atoms with E-state index in [1.54, 1.807) is 24.3 Å². The number of aliphatic hydroxyl groups is 1. The number of carbonyl (C=O) groups is 1. The minimum Gasteiger partial charge on any atom is -0.515 e. The number of aromatic nitrogens is 1. The number of carboxylic acids is 1. The van der Waals surface area contributed by atoms with Gasteiger partial charge in [-0.15, -0.1) is 11.3 Å². The highest BCUT2D eigenvalue weighted by atomic mass is 35.5. The van der Waals surface area contributed by atoms with Gasteiger partial charge in [0.15, 0.2) is 0 Å². The molecule has 2 aromatic carbocycles. The number of rotatable bonds is 5. The van der Waals surface area contributed by atoms with Gasteiger partial charge in [0.1, 0.15) is 10.6 Å². The molecule has 0 atom stereocenters. The van der Waals surface area contributed by atoms with Crippen LogP contribution < -0.4 is 0 Å². The van der Waals surface area contributed by atoms with Crippen LogP contribution in [0.4, 0.5) is 0 Å². The molecular formula is C21H16ClNO3S. The first-order chi connectivity index (χ1) is 13.1. The summed E-state index contributed by atoms with van der Waals surface area (Å²) in [6.07, 6.45) is 3.10. The van der Waals surface area contributed by atoms with Gasteiger partial charge >= 0.3 is 5.97 Å². The van der Waals surface area contributed by atoms with E-state index in [0.717, 1.165) is 11.1 Å². The highest BCUT2D eigenvalue weighted by Gasteiger charge is 2.24. The number of hydrogen-bond donors (Lipinski definition) is 2. The molecule has 0 bridgehead atoms. The molecule has 3 aromatic rings. The Morgan fingerprint density at radius 3 is 2.26 bits per heavy atom. The Balaban J connectivity index is 1.81. The topological polar surface area (TPSA) is 70.4 Å². The number of aliphatic hydroxyl groups excluding tert-OH is 1. The van der Waals surface area contributed by atoms with Gasteiger partial charge in [0, 0.05) is 16.1 Å². The van der Waals surface area contributed by atoms with Gasteiger partial charge in [-0.2, -0.15) is 0 Å². The van der Waals surface area contributed by atoms with Gasteiger partial charge in [0.2, 0.25) is 0 Å². The van der Waals surface area contributed by atoms with E-state index in [-0.39, 0.29) is 5.57 Å². The van der Waals surface area contributed by atoms with Crippen LogP contribution >= 0.6 is 22.9 Å². The summed E-state index contributed by atoms with van der Waals surface area (Å²) in [6, 6.07) is 15.3. The smallest absolute Gasteiger partial charge is 0.340 e. The summed E-state index contributed by atoms with van der Waals surface area (Å²) in [5, 5.41) is 20.2. The summed E-state index contributed by atoms with van der Waals surface area (Å²) in [4.78, 5) is 16.7. The number of hydrogen-bond acceptors (Lipinski definition) is 4. The van der Waals surface area contributed by atoms with Crippen molar-refractivity contribution in [1.29, 1.82) is 0 Å². The quantitative estimate of drug-likeness (QED) is 0.409. The zero-order chi connectivity index (χ0) is 19.0. The second-order valence-electron chi connectivity index (χ2n) is 6.45. The lowest BCUT2D eigenvalue weighted by molar-refractivity contribution is -0.130. The normalized spacial score (nSPS) is 14.3. The van der Waals surface area contributed by atoms with E-state index in [1.807, 2.05) is 12.1 Å². The van der Waals surface area contributed by atoms with Crippen molar-refractivity contribution >= 4 is 34.5 Å². The summed E-state index contributed by atoms with van der Waals surface area (Å²) in [5.41, 5.74) is 3.33. The first kappa shape index (κ1) is 17.8. The molecule has 1 heterocycles. The standard InChI is InChI=1S/C21H16ClNO3S/c22-16-9-7-14(8-10-16)18-19(17(11-24)21(25)26)27-20(23-18)15-5-3-13(4-6-15)12-1-2-12/h3-12,24H,1-2H2,(H,25,26). The third-order valence-corrected chi connectivity index (χ3v) is 5.95. The molecule has 1 fully saturated rings. The SMILES string of the molecule is O=C(O)C(=CO)c1sc(-c2ccc(C3CC3)cc2)nc1-c1ccc(Cl)cc1. The molecule has 0 saturated heterocycles. The van der Waals surface area contributed by atoms with Crippen molar-refractivity contribution in [2.24, 2.45) is 0 Å². The summed E-state index contributed by atoms with van der Waals surface area (Å²) in [6.45, 7) is 0. The van der Waals surface area contributed by atoms with E-state index in [0.29, 0.717) is 32.8 Å². The van der Waals surface area contributed by atoms with Crippen LogP contribution in [0.3, 0.4) is 0 Å². The zero-order valence-corrected chi connectivity index (χ0v) is 15.8. The number of halogens is 1. The van der Waals surface area contributed by atoms with E-state index in [4.69, 9.17) is 11.6 Å². The van der Waals surface area contributed by atoms with Crippen molar-refractivity contribution < 1.29 is 15.0 Å². The van der Waals surface area contributed by atoms with Crippen molar-refractivity contribution in [3.8, 4) is 21.8 Å². The van der Waals surface area contributed by atoms with Gasteiger partial charge in [-0.05, 0) is 36.5 Å². The maximum Gasteiger partial charge on any atom is 0.340 e.